The number of hydrogen-bond donors (Lipinski definition) is 1. The predicted octanol–water partition coefficient (Wildman–Crippen LogP) is 4.38. The van der Waals surface area contributed by atoms with E-state index in [0.717, 1.165) is 12.8 Å². The Morgan fingerprint density at radius 2 is 1.56 bits per heavy atom. The summed E-state index contributed by atoms with van der Waals surface area (Å²) in [6.07, 6.45) is -0.883. The average molecular weight is 265 g/mol. The Morgan fingerprint density at radius 3 is 1.89 bits per heavy atom. The lowest BCUT2D eigenvalue weighted by atomic mass is 9.68. The molecule has 0 aromatic rings. The summed E-state index contributed by atoms with van der Waals surface area (Å²) in [5.41, 5.74) is 0.219. The van der Waals surface area contributed by atoms with Crippen molar-refractivity contribution in [1.29, 1.82) is 0 Å². The molecule has 1 rings (SSSR count). The van der Waals surface area contributed by atoms with Crippen molar-refractivity contribution in [3.8, 4) is 0 Å². The van der Waals surface area contributed by atoms with Gasteiger partial charge in [-0.15, -0.1) is 0 Å². The van der Waals surface area contributed by atoms with Crippen LogP contribution in [0, 0.1) is 17.3 Å². The van der Waals surface area contributed by atoms with Gasteiger partial charge in [-0.05, 0) is 49.5 Å². The third kappa shape index (κ3) is 4.15. The minimum atomic E-state index is -4.12. The van der Waals surface area contributed by atoms with E-state index in [4.69, 9.17) is 0 Å². The van der Waals surface area contributed by atoms with Crippen LogP contribution >= 0.6 is 0 Å². The van der Waals surface area contributed by atoms with Crippen LogP contribution in [0.3, 0.4) is 0 Å². The lowest BCUT2D eigenvalue weighted by Gasteiger charge is -2.40. The Labute approximate surface area is 109 Å². The normalized spacial score (nSPS) is 28.2. The Hall–Kier alpha value is -0.250. The Kier molecular flexibility index (Phi) is 5.10. The fraction of sp³-hybridized carbons (Fsp3) is 1.00. The van der Waals surface area contributed by atoms with Crippen molar-refractivity contribution in [3.63, 3.8) is 0 Å². The number of halogens is 3. The quantitative estimate of drug-likeness (QED) is 0.798. The second-order valence-electron chi connectivity index (χ2n) is 6.55. The molecule has 1 nitrogen and oxygen atoms in total. The average Bonchev–Trinajstić information content (AvgIpc) is 2.23. The molecule has 1 aliphatic rings. The fourth-order valence-electron chi connectivity index (χ4n) is 3.09. The molecular weight excluding hydrogens is 239 g/mol. The summed E-state index contributed by atoms with van der Waals surface area (Å²) in [6.45, 7) is 8.67. The number of alkyl halides is 3. The van der Waals surface area contributed by atoms with E-state index in [2.05, 4.69) is 26.1 Å². The fourth-order valence-corrected chi connectivity index (χ4v) is 3.09. The Bertz CT molecular complexity index is 247. The van der Waals surface area contributed by atoms with Crippen LogP contribution in [0.2, 0.25) is 0 Å². The van der Waals surface area contributed by atoms with E-state index in [-0.39, 0.29) is 11.3 Å². The van der Waals surface area contributed by atoms with Crippen LogP contribution in [-0.2, 0) is 0 Å². The molecule has 18 heavy (non-hydrogen) atoms. The molecule has 1 fully saturated rings. The van der Waals surface area contributed by atoms with E-state index in [9.17, 15) is 13.2 Å². The maximum absolute atomic E-state index is 13.0. The molecular formula is C14H26F3N. The second kappa shape index (κ2) is 5.81. The van der Waals surface area contributed by atoms with Crippen molar-refractivity contribution in [2.24, 2.45) is 17.3 Å². The SMILES string of the molecule is CCNC(C1CCC(C(C)(C)C)CC1)C(F)(F)F. The molecule has 0 spiro atoms. The zero-order valence-corrected chi connectivity index (χ0v) is 11.9. The highest BCUT2D eigenvalue weighted by molar-refractivity contribution is 4.88. The number of hydrogen-bond acceptors (Lipinski definition) is 1. The predicted molar refractivity (Wildman–Crippen MR) is 68.4 cm³/mol. The minimum absolute atomic E-state index is 0.219. The first-order valence-electron chi connectivity index (χ1n) is 6.96. The van der Waals surface area contributed by atoms with E-state index >= 15 is 0 Å². The molecule has 1 unspecified atom stereocenters. The molecule has 1 N–H and O–H groups in total. The molecule has 0 heterocycles. The highest BCUT2D eigenvalue weighted by Gasteiger charge is 2.45. The summed E-state index contributed by atoms with van der Waals surface area (Å²) in [6, 6.07) is -1.32. The highest BCUT2D eigenvalue weighted by Crippen LogP contribution is 2.42. The van der Waals surface area contributed by atoms with Crippen LogP contribution in [-0.4, -0.2) is 18.8 Å². The Morgan fingerprint density at radius 1 is 1.06 bits per heavy atom. The van der Waals surface area contributed by atoms with Gasteiger partial charge in [-0.3, -0.25) is 0 Å². The van der Waals surface area contributed by atoms with E-state index in [1.807, 2.05) is 0 Å². The third-order valence-corrected chi connectivity index (χ3v) is 4.24. The summed E-state index contributed by atoms with van der Waals surface area (Å²) < 4.78 is 38.9. The van der Waals surface area contributed by atoms with Crippen LogP contribution in [0.1, 0.15) is 53.4 Å². The molecule has 0 bridgehead atoms. The molecule has 1 aliphatic carbocycles. The molecule has 1 atom stereocenters. The van der Waals surface area contributed by atoms with Gasteiger partial charge in [-0.2, -0.15) is 13.2 Å². The topological polar surface area (TPSA) is 12.0 Å². The molecule has 0 aliphatic heterocycles. The molecule has 0 aromatic carbocycles. The summed E-state index contributed by atoms with van der Waals surface area (Å²) in [5.74, 6) is 0.313. The lowest BCUT2D eigenvalue weighted by molar-refractivity contribution is -0.171. The van der Waals surface area contributed by atoms with Gasteiger partial charge < -0.3 is 5.32 Å². The molecule has 1 saturated carbocycles. The standard InChI is InChI=1S/C14H26F3N/c1-5-18-12(14(15,16)17)10-6-8-11(9-7-10)13(2,3)4/h10-12,18H,5-9H2,1-4H3. The maximum Gasteiger partial charge on any atom is 0.404 e. The van der Waals surface area contributed by atoms with Gasteiger partial charge in [0.1, 0.15) is 6.04 Å². The van der Waals surface area contributed by atoms with Gasteiger partial charge >= 0.3 is 6.18 Å². The lowest BCUT2D eigenvalue weighted by Crippen LogP contribution is -2.49. The molecule has 0 aromatic heterocycles. The van der Waals surface area contributed by atoms with Gasteiger partial charge in [0.2, 0.25) is 0 Å². The van der Waals surface area contributed by atoms with Crippen LogP contribution in [0.25, 0.3) is 0 Å². The van der Waals surface area contributed by atoms with Crippen LogP contribution < -0.4 is 5.32 Å². The first-order valence-corrected chi connectivity index (χ1v) is 6.96. The molecule has 0 saturated heterocycles. The summed E-state index contributed by atoms with van der Waals surface area (Å²) in [5, 5.41) is 2.62. The Balaban J connectivity index is 2.60. The summed E-state index contributed by atoms with van der Waals surface area (Å²) in [4.78, 5) is 0. The van der Waals surface area contributed by atoms with E-state index in [1.165, 1.54) is 0 Å². The largest absolute Gasteiger partial charge is 0.404 e. The molecule has 108 valence electrons. The van der Waals surface area contributed by atoms with E-state index in [1.54, 1.807) is 6.92 Å². The monoisotopic (exact) mass is 265 g/mol. The van der Waals surface area contributed by atoms with Crippen LogP contribution in [0.15, 0.2) is 0 Å². The van der Waals surface area contributed by atoms with Crippen molar-refractivity contribution in [3.05, 3.63) is 0 Å². The van der Waals surface area contributed by atoms with Gasteiger partial charge in [0.25, 0.3) is 0 Å². The summed E-state index contributed by atoms with van der Waals surface area (Å²) >= 11 is 0. The number of nitrogens with one attached hydrogen (secondary N) is 1. The number of rotatable bonds is 3. The second-order valence-corrected chi connectivity index (χ2v) is 6.55. The highest BCUT2D eigenvalue weighted by atomic mass is 19.4. The molecule has 4 heteroatoms. The van der Waals surface area contributed by atoms with Crippen molar-refractivity contribution < 1.29 is 13.2 Å². The van der Waals surface area contributed by atoms with Gasteiger partial charge in [0, 0.05) is 0 Å². The van der Waals surface area contributed by atoms with Gasteiger partial charge in [-0.25, -0.2) is 0 Å². The molecule has 0 radical (unpaired) electrons. The maximum atomic E-state index is 13.0. The van der Waals surface area contributed by atoms with Crippen molar-refractivity contribution in [1.82, 2.24) is 5.32 Å². The minimum Gasteiger partial charge on any atom is -0.306 e. The van der Waals surface area contributed by atoms with Crippen molar-refractivity contribution >= 4 is 0 Å². The first kappa shape index (κ1) is 15.8. The zero-order valence-electron chi connectivity index (χ0n) is 11.9. The zero-order chi connectivity index (χ0) is 14.0. The van der Waals surface area contributed by atoms with Crippen LogP contribution in [0.5, 0.6) is 0 Å². The van der Waals surface area contributed by atoms with Crippen molar-refractivity contribution in [2.75, 3.05) is 6.54 Å². The molecule has 0 amide bonds. The smallest absolute Gasteiger partial charge is 0.306 e. The van der Waals surface area contributed by atoms with E-state index < -0.39 is 12.2 Å². The van der Waals surface area contributed by atoms with E-state index in [0.29, 0.717) is 25.3 Å². The van der Waals surface area contributed by atoms with Gasteiger partial charge in [0.05, 0.1) is 0 Å². The van der Waals surface area contributed by atoms with Gasteiger partial charge in [-0.1, -0.05) is 27.7 Å². The van der Waals surface area contributed by atoms with Crippen LogP contribution in [0.4, 0.5) is 13.2 Å². The van der Waals surface area contributed by atoms with Crippen molar-refractivity contribution in [2.45, 2.75) is 65.6 Å². The third-order valence-electron chi connectivity index (χ3n) is 4.24. The first-order chi connectivity index (χ1) is 8.16. The van der Waals surface area contributed by atoms with Gasteiger partial charge in [0.15, 0.2) is 0 Å². The summed E-state index contributed by atoms with van der Waals surface area (Å²) in [7, 11) is 0.